The van der Waals surface area contributed by atoms with Crippen molar-refractivity contribution in [1.82, 2.24) is 4.90 Å². The normalized spacial score (nSPS) is 15.4. The number of carboxylic acid groups (broad SMARTS) is 1. The zero-order chi connectivity index (χ0) is 21.2. The van der Waals surface area contributed by atoms with E-state index >= 15 is 0 Å². The van der Waals surface area contributed by atoms with Gasteiger partial charge in [0.05, 0.1) is 10.5 Å². The van der Waals surface area contributed by atoms with Crippen LogP contribution in [0.4, 0.5) is 18.9 Å². The van der Waals surface area contributed by atoms with Crippen molar-refractivity contribution in [3.05, 3.63) is 74.8 Å². The Balaban J connectivity index is 0.00000320. The van der Waals surface area contributed by atoms with Gasteiger partial charge in [-0.25, -0.2) is 4.79 Å². The molecule has 1 aliphatic rings. The summed E-state index contributed by atoms with van der Waals surface area (Å²) in [6.07, 6.45) is -4.25. The van der Waals surface area contributed by atoms with E-state index in [9.17, 15) is 33.2 Å². The Bertz CT molecular complexity index is 914. The lowest BCUT2D eigenvalue weighted by Crippen LogP contribution is -2.33. The molecule has 0 radical (unpaired) electrons. The number of nitro benzene ring substituents is 1. The van der Waals surface area contributed by atoms with Gasteiger partial charge in [-0.1, -0.05) is 30.3 Å². The van der Waals surface area contributed by atoms with E-state index in [4.69, 9.17) is 0 Å². The van der Waals surface area contributed by atoms with Crippen molar-refractivity contribution in [2.45, 2.75) is 31.5 Å². The van der Waals surface area contributed by atoms with Gasteiger partial charge >= 0.3 is 12.1 Å². The lowest BCUT2D eigenvalue weighted by molar-refractivity contribution is -0.386. The molecule has 1 saturated heterocycles. The van der Waals surface area contributed by atoms with Crippen molar-refractivity contribution >= 4 is 24.1 Å². The van der Waals surface area contributed by atoms with Gasteiger partial charge in [-0.05, 0) is 49.5 Å². The van der Waals surface area contributed by atoms with Gasteiger partial charge in [0, 0.05) is 12.1 Å². The summed E-state index contributed by atoms with van der Waals surface area (Å²) in [5.74, 6) is -2.36. The molecule has 162 valence electrons. The minimum absolute atomic E-state index is 0. The summed E-state index contributed by atoms with van der Waals surface area (Å²) in [5.41, 5.74) is -2.24. The molecule has 6 nitrogen and oxygen atoms in total. The topological polar surface area (TPSA) is 83.7 Å². The van der Waals surface area contributed by atoms with Gasteiger partial charge in [0.1, 0.15) is 5.56 Å². The van der Waals surface area contributed by atoms with E-state index in [0.29, 0.717) is 31.8 Å². The van der Waals surface area contributed by atoms with Crippen molar-refractivity contribution in [3.63, 3.8) is 0 Å². The number of aromatic carboxylic acids is 1. The minimum atomic E-state index is -4.81. The standard InChI is InChI=1S/C20H19F3N2O4.ClH/c21-20(22,23)16-7-6-15(19(26)27)18(25(28)29)17(16)14-8-10-24(11-9-14)12-13-4-2-1-3-5-13;/h1-7,14H,8-12H2,(H,26,27);1H. The third-order valence-corrected chi connectivity index (χ3v) is 5.18. The molecule has 30 heavy (non-hydrogen) atoms. The highest BCUT2D eigenvalue weighted by Crippen LogP contribution is 2.44. The molecule has 3 rings (SSSR count). The number of hydrogen-bond donors (Lipinski definition) is 1. The summed E-state index contributed by atoms with van der Waals surface area (Å²) in [6.45, 7) is 1.56. The van der Waals surface area contributed by atoms with Crippen LogP contribution < -0.4 is 0 Å². The smallest absolute Gasteiger partial charge is 0.416 e. The van der Waals surface area contributed by atoms with E-state index in [1.165, 1.54) is 0 Å². The highest BCUT2D eigenvalue weighted by Gasteiger charge is 2.42. The van der Waals surface area contributed by atoms with Gasteiger partial charge in [-0.3, -0.25) is 15.0 Å². The molecule has 1 aliphatic heterocycles. The molecule has 0 aromatic heterocycles. The fourth-order valence-electron chi connectivity index (χ4n) is 3.86. The Morgan fingerprint density at radius 1 is 1.13 bits per heavy atom. The maximum Gasteiger partial charge on any atom is 0.416 e. The Labute approximate surface area is 176 Å². The van der Waals surface area contributed by atoms with Gasteiger partial charge in [-0.15, -0.1) is 12.4 Å². The van der Waals surface area contributed by atoms with E-state index in [0.717, 1.165) is 5.56 Å². The minimum Gasteiger partial charge on any atom is -0.477 e. The van der Waals surface area contributed by atoms with E-state index in [-0.39, 0.29) is 25.2 Å². The van der Waals surface area contributed by atoms with Crippen LogP contribution in [-0.2, 0) is 12.7 Å². The second-order valence-electron chi connectivity index (χ2n) is 7.02. The van der Waals surface area contributed by atoms with Crippen LogP contribution in [0.2, 0.25) is 0 Å². The number of rotatable bonds is 5. The van der Waals surface area contributed by atoms with Crippen molar-refractivity contribution < 1.29 is 28.0 Å². The number of likely N-dealkylation sites (tertiary alicyclic amines) is 1. The Hall–Kier alpha value is -2.65. The summed E-state index contributed by atoms with van der Waals surface area (Å²) >= 11 is 0. The summed E-state index contributed by atoms with van der Waals surface area (Å²) in [6, 6.07) is 10.9. The van der Waals surface area contributed by atoms with Crippen LogP contribution in [0.15, 0.2) is 42.5 Å². The number of piperidine rings is 1. The van der Waals surface area contributed by atoms with Gasteiger partial charge in [0.25, 0.3) is 5.69 Å². The van der Waals surface area contributed by atoms with Crippen molar-refractivity contribution in [2.75, 3.05) is 13.1 Å². The van der Waals surface area contributed by atoms with Crippen LogP contribution in [0.3, 0.4) is 0 Å². The molecule has 0 saturated carbocycles. The molecule has 0 spiro atoms. The second-order valence-corrected chi connectivity index (χ2v) is 7.02. The average Bonchev–Trinajstić information content (AvgIpc) is 2.67. The Morgan fingerprint density at radius 2 is 1.73 bits per heavy atom. The quantitative estimate of drug-likeness (QED) is 0.511. The van der Waals surface area contributed by atoms with E-state index in [2.05, 4.69) is 4.90 Å². The number of carboxylic acids is 1. The summed E-state index contributed by atoms with van der Waals surface area (Å²) in [5, 5.41) is 20.8. The van der Waals surface area contributed by atoms with Crippen LogP contribution in [0.25, 0.3) is 0 Å². The first-order valence-corrected chi connectivity index (χ1v) is 9.06. The van der Waals surface area contributed by atoms with E-state index < -0.39 is 45.4 Å². The van der Waals surface area contributed by atoms with Gasteiger partial charge < -0.3 is 5.11 Å². The van der Waals surface area contributed by atoms with Crippen LogP contribution in [0, 0.1) is 10.1 Å². The molecule has 10 heteroatoms. The van der Waals surface area contributed by atoms with E-state index in [1.807, 2.05) is 30.3 Å². The molecule has 0 aliphatic carbocycles. The average molecular weight is 445 g/mol. The number of nitrogens with zero attached hydrogens (tertiary/aromatic N) is 2. The van der Waals surface area contributed by atoms with Crippen molar-refractivity contribution in [2.24, 2.45) is 0 Å². The summed E-state index contributed by atoms with van der Waals surface area (Å²) in [4.78, 5) is 24.0. The third kappa shape index (κ3) is 5.09. The fourth-order valence-corrected chi connectivity index (χ4v) is 3.86. The van der Waals surface area contributed by atoms with Crippen LogP contribution >= 0.6 is 12.4 Å². The van der Waals surface area contributed by atoms with Crippen LogP contribution in [0.1, 0.15) is 45.8 Å². The molecule has 0 bridgehead atoms. The molecule has 2 aromatic carbocycles. The summed E-state index contributed by atoms with van der Waals surface area (Å²) < 4.78 is 40.7. The van der Waals surface area contributed by atoms with Gasteiger partial charge in [-0.2, -0.15) is 13.2 Å². The second kappa shape index (κ2) is 9.44. The molecular formula is C20H20ClF3N2O4. The maximum absolute atomic E-state index is 13.6. The monoisotopic (exact) mass is 444 g/mol. The van der Waals surface area contributed by atoms with Crippen LogP contribution in [0.5, 0.6) is 0 Å². The number of hydrogen-bond acceptors (Lipinski definition) is 4. The lowest BCUT2D eigenvalue weighted by Gasteiger charge is -2.33. The van der Waals surface area contributed by atoms with Crippen molar-refractivity contribution in [3.8, 4) is 0 Å². The number of alkyl halides is 3. The molecule has 0 atom stereocenters. The highest BCUT2D eigenvalue weighted by atomic mass is 35.5. The van der Waals surface area contributed by atoms with Crippen molar-refractivity contribution in [1.29, 1.82) is 0 Å². The predicted molar refractivity (Wildman–Crippen MR) is 106 cm³/mol. The number of benzene rings is 2. The zero-order valence-corrected chi connectivity index (χ0v) is 16.6. The largest absolute Gasteiger partial charge is 0.477 e. The number of halogens is 4. The Kier molecular flexibility index (Phi) is 7.44. The molecule has 1 N–H and O–H groups in total. The van der Waals surface area contributed by atoms with Gasteiger partial charge in [0.2, 0.25) is 0 Å². The summed E-state index contributed by atoms with van der Waals surface area (Å²) in [7, 11) is 0. The number of nitro groups is 1. The highest BCUT2D eigenvalue weighted by molar-refractivity contribution is 5.93. The number of carbonyl (C=O) groups is 1. The molecule has 1 fully saturated rings. The molecule has 0 amide bonds. The third-order valence-electron chi connectivity index (χ3n) is 5.18. The SMILES string of the molecule is Cl.O=C(O)c1ccc(C(F)(F)F)c(C2CCN(Cc3ccccc3)CC2)c1[N+](=O)[O-]. The van der Waals surface area contributed by atoms with Crippen LogP contribution in [-0.4, -0.2) is 34.0 Å². The molecule has 0 unspecified atom stereocenters. The Morgan fingerprint density at radius 3 is 2.23 bits per heavy atom. The zero-order valence-electron chi connectivity index (χ0n) is 15.8. The maximum atomic E-state index is 13.6. The van der Waals surface area contributed by atoms with Gasteiger partial charge in [0.15, 0.2) is 0 Å². The lowest BCUT2D eigenvalue weighted by atomic mass is 9.83. The first-order valence-electron chi connectivity index (χ1n) is 9.06. The first kappa shape index (κ1) is 23.6. The molecular weight excluding hydrogens is 425 g/mol. The molecule has 1 heterocycles. The predicted octanol–water partition coefficient (Wildman–Crippen LogP) is 5.11. The fraction of sp³-hybridized carbons (Fsp3) is 0.350. The molecule has 2 aromatic rings. The first-order chi connectivity index (χ1) is 13.7. The van der Waals surface area contributed by atoms with E-state index in [1.54, 1.807) is 0 Å².